The molecule has 1 aromatic rings. The van der Waals surface area contributed by atoms with Gasteiger partial charge in [-0.3, -0.25) is 9.78 Å². The third kappa shape index (κ3) is 2.74. The number of allylic oxidation sites excluding steroid dienone is 1. The number of carbonyl (C=O) groups is 1. The third-order valence-corrected chi connectivity index (χ3v) is 2.55. The fourth-order valence-electron chi connectivity index (χ4n) is 1.72. The minimum atomic E-state index is -0.491. The van der Waals surface area contributed by atoms with Gasteiger partial charge in [-0.25, -0.2) is 4.99 Å². The summed E-state index contributed by atoms with van der Waals surface area (Å²) >= 11 is 0. The Bertz CT molecular complexity index is 550. The molecule has 6 nitrogen and oxygen atoms in total. The molecule has 0 fully saturated rings. The minimum Gasteiger partial charge on any atom is -0.399 e. The normalized spacial score (nSPS) is 20.7. The van der Waals surface area contributed by atoms with Crippen LogP contribution in [0, 0.1) is 0 Å². The first-order valence-corrected chi connectivity index (χ1v) is 5.61. The van der Waals surface area contributed by atoms with Gasteiger partial charge in [-0.15, -0.1) is 0 Å². The Kier molecular flexibility index (Phi) is 4.15. The van der Waals surface area contributed by atoms with Gasteiger partial charge in [0.25, 0.3) is 0 Å². The number of aromatic nitrogens is 1. The molecule has 0 aliphatic carbocycles. The van der Waals surface area contributed by atoms with E-state index in [1.165, 1.54) is 14.2 Å². The molecule has 0 bridgehead atoms. The molecule has 0 radical (unpaired) electrons. The number of methoxy groups -OCH3 is 1. The molecule has 1 aromatic heterocycles. The zero-order valence-corrected chi connectivity index (χ0v) is 10.6. The Balaban J connectivity index is 2.52. The van der Waals surface area contributed by atoms with Crippen LogP contribution in [0.4, 0.5) is 0 Å². The van der Waals surface area contributed by atoms with Crippen molar-refractivity contribution in [2.75, 3.05) is 14.2 Å². The lowest BCUT2D eigenvalue weighted by molar-refractivity contribution is -0.105. The summed E-state index contributed by atoms with van der Waals surface area (Å²) in [5.41, 5.74) is 1.84. The van der Waals surface area contributed by atoms with E-state index >= 15 is 0 Å². The van der Waals surface area contributed by atoms with Gasteiger partial charge in [0.2, 0.25) is 0 Å². The van der Waals surface area contributed by atoms with E-state index < -0.39 is 6.10 Å². The molecule has 98 valence electrons. The predicted molar refractivity (Wildman–Crippen MR) is 70.2 cm³/mol. The molecule has 1 aliphatic heterocycles. The SMILES string of the molecule is CON=C1C(c2ccccn2)=NC(C=O)=CC1OC. The van der Waals surface area contributed by atoms with Gasteiger partial charge in [-0.05, 0) is 18.2 Å². The molecular weight excluding hydrogens is 246 g/mol. The van der Waals surface area contributed by atoms with Crippen LogP contribution in [0.25, 0.3) is 0 Å². The van der Waals surface area contributed by atoms with Crippen molar-refractivity contribution in [3.8, 4) is 0 Å². The lowest BCUT2D eigenvalue weighted by Crippen LogP contribution is -2.33. The molecule has 1 atom stereocenters. The van der Waals surface area contributed by atoms with Crippen molar-refractivity contribution in [1.29, 1.82) is 0 Å². The molecule has 0 saturated heterocycles. The van der Waals surface area contributed by atoms with Crippen LogP contribution in [-0.2, 0) is 14.4 Å². The quantitative estimate of drug-likeness (QED) is 0.597. The standard InChI is InChI=1S/C13H13N3O3/c1-18-11-7-9(8-17)15-12(13(11)16-19-2)10-5-3-4-6-14-10/h3-8,11H,1-2H3. The molecule has 0 N–H and O–H groups in total. The number of aldehydes is 1. The molecule has 2 heterocycles. The summed E-state index contributed by atoms with van der Waals surface area (Å²) in [6.07, 6.45) is 3.40. The largest absolute Gasteiger partial charge is 0.399 e. The zero-order valence-electron chi connectivity index (χ0n) is 10.6. The van der Waals surface area contributed by atoms with Crippen molar-refractivity contribution >= 4 is 17.7 Å². The van der Waals surface area contributed by atoms with E-state index in [2.05, 4.69) is 15.1 Å². The van der Waals surface area contributed by atoms with Crippen LogP contribution in [0.2, 0.25) is 0 Å². The maximum absolute atomic E-state index is 10.9. The Morgan fingerprint density at radius 1 is 1.37 bits per heavy atom. The van der Waals surface area contributed by atoms with E-state index in [9.17, 15) is 4.79 Å². The maximum Gasteiger partial charge on any atom is 0.168 e. The van der Waals surface area contributed by atoms with Gasteiger partial charge >= 0.3 is 0 Å². The van der Waals surface area contributed by atoms with Crippen LogP contribution in [0.3, 0.4) is 0 Å². The van der Waals surface area contributed by atoms with E-state index in [4.69, 9.17) is 9.57 Å². The molecule has 0 aromatic carbocycles. The van der Waals surface area contributed by atoms with Crippen LogP contribution in [0.1, 0.15) is 5.69 Å². The first-order valence-electron chi connectivity index (χ1n) is 5.61. The summed E-state index contributed by atoms with van der Waals surface area (Å²) in [4.78, 5) is 24.2. The van der Waals surface area contributed by atoms with Gasteiger partial charge < -0.3 is 9.57 Å². The van der Waals surface area contributed by atoms with Gasteiger partial charge in [0, 0.05) is 13.3 Å². The first-order chi connectivity index (χ1) is 9.30. The number of nitrogens with zero attached hydrogens (tertiary/aromatic N) is 3. The van der Waals surface area contributed by atoms with Crippen molar-refractivity contribution in [3.05, 3.63) is 41.9 Å². The third-order valence-electron chi connectivity index (χ3n) is 2.55. The summed E-state index contributed by atoms with van der Waals surface area (Å²) in [5, 5.41) is 3.92. The monoisotopic (exact) mass is 259 g/mol. The highest BCUT2D eigenvalue weighted by Crippen LogP contribution is 2.15. The van der Waals surface area contributed by atoms with Gasteiger partial charge in [0.05, 0.1) is 5.69 Å². The number of oxime groups is 1. The van der Waals surface area contributed by atoms with E-state index in [1.807, 2.05) is 6.07 Å². The zero-order chi connectivity index (χ0) is 13.7. The Morgan fingerprint density at radius 2 is 2.21 bits per heavy atom. The molecule has 2 rings (SSSR count). The molecular formula is C13H13N3O3. The van der Waals surface area contributed by atoms with Crippen molar-refractivity contribution in [2.24, 2.45) is 10.1 Å². The topological polar surface area (TPSA) is 73.1 Å². The lowest BCUT2D eigenvalue weighted by Gasteiger charge is -2.19. The highest BCUT2D eigenvalue weighted by Gasteiger charge is 2.27. The van der Waals surface area contributed by atoms with Crippen LogP contribution >= 0.6 is 0 Å². The minimum absolute atomic E-state index is 0.280. The summed E-state index contributed by atoms with van der Waals surface area (Å²) in [6.45, 7) is 0. The molecule has 0 saturated carbocycles. The second kappa shape index (κ2) is 6.01. The van der Waals surface area contributed by atoms with Crippen LogP contribution in [-0.4, -0.2) is 43.0 Å². The van der Waals surface area contributed by atoms with E-state index in [0.29, 0.717) is 23.4 Å². The van der Waals surface area contributed by atoms with Crippen molar-refractivity contribution < 1.29 is 14.4 Å². The van der Waals surface area contributed by atoms with Gasteiger partial charge in [-0.1, -0.05) is 11.2 Å². The van der Waals surface area contributed by atoms with E-state index in [1.54, 1.807) is 24.4 Å². The summed E-state index contributed by atoms with van der Waals surface area (Å²) in [6, 6.07) is 5.41. The number of carbonyl (C=O) groups excluding carboxylic acids is 1. The second-order valence-corrected chi connectivity index (χ2v) is 3.70. The van der Waals surface area contributed by atoms with Gasteiger partial charge in [0.15, 0.2) is 6.29 Å². The van der Waals surface area contributed by atoms with E-state index in [-0.39, 0.29) is 5.70 Å². The highest BCUT2D eigenvalue weighted by molar-refractivity contribution is 6.50. The number of hydrogen-bond donors (Lipinski definition) is 0. The number of hydrogen-bond acceptors (Lipinski definition) is 6. The van der Waals surface area contributed by atoms with Crippen molar-refractivity contribution in [1.82, 2.24) is 4.98 Å². The molecule has 0 amide bonds. The number of pyridine rings is 1. The first kappa shape index (κ1) is 13.1. The fraction of sp³-hybridized carbons (Fsp3) is 0.231. The predicted octanol–water partition coefficient (Wildman–Crippen LogP) is 0.984. The van der Waals surface area contributed by atoms with Crippen LogP contribution in [0.15, 0.2) is 46.3 Å². The molecule has 0 spiro atoms. The fourth-order valence-corrected chi connectivity index (χ4v) is 1.72. The summed E-state index contributed by atoms with van der Waals surface area (Å²) in [5.74, 6) is 0. The number of ether oxygens (including phenoxy) is 1. The van der Waals surface area contributed by atoms with Crippen molar-refractivity contribution in [2.45, 2.75) is 6.10 Å². The van der Waals surface area contributed by atoms with Crippen LogP contribution in [0.5, 0.6) is 0 Å². The average Bonchev–Trinajstić information content (AvgIpc) is 2.48. The Hall–Kier alpha value is -2.34. The second-order valence-electron chi connectivity index (χ2n) is 3.70. The molecule has 1 unspecified atom stereocenters. The maximum atomic E-state index is 10.9. The Labute approximate surface area is 110 Å². The summed E-state index contributed by atoms with van der Waals surface area (Å²) in [7, 11) is 2.96. The van der Waals surface area contributed by atoms with Crippen LogP contribution < -0.4 is 0 Å². The smallest absolute Gasteiger partial charge is 0.168 e. The Morgan fingerprint density at radius 3 is 2.79 bits per heavy atom. The lowest BCUT2D eigenvalue weighted by atomic mass is 10.0. The molecule has 1 aliphatic rings. The number of aliphatic imine (C=N–C) groups is 1. The average molecular weight is 259 g/mol. The highest BCUT2D eigenvalue weighted by atomic mass is 16.6. The van der Waals surface area contributed by atoms with Gasteiger partial charge in [-0.2, -0.15) is 0 Å². The molecule has 19 heavy (non-hydrogen) atoms. The number of rotatable bonds is 4. The van der Waals surface area contributed by atoms with E-state index in [0.717, 1.165) is 0 Å². The van der Waals surface area contributed by atoms with Crippen molar-refractivity contribution in [3.63, 3.8) is 0 Å². The molecule has 6 heteroatoms. The van der Waals surface area contributed by atoms with Gasteiger partial charge in [0.1, 0.15) is 30.3 Å². The summed E-state index contributed by atoms with van der Waals surface area (Å²) < 4.78 is 5.29.